The van der Waals surface area contributed by atoms with Crippen LogP contribution < -0.4 is 4.90 Å². The van der Waals surface area contributed by atoms with Gasteiger partial charge in [-0.2, -0.15) is 0 Å². The topological polar surface area (TPSA) is 74.7 Å². The molecule has 3 rings (SSSR count). The van der Waals surface area contributed by atoms with Crippen LogP contribution in [0.2, 0.25) is 0 Å². The Hall–Kier alpha value is -2.43. The van der Waals surface area contributed by atoms with Crippen molar-refractivity contribution in [3.05, 3.63) is 42.0 Å². The van der Waals surface area contributed by atoms with Gasteiger partial charge in [-0.25, -0.2) is 9.69 Å². The van der Waals surface area contributed by atoms with Gasteiger partial charge in [0.1, 0.15) is 0 Å². The zero-order valence-corrected chi connectivity index (χ0v) is 11.5. The Morgan fingerprint density at radius 2 is 1.81 bits per heavy atom. The third-order valence-electron chi connectivity index (χ3n) is 4.12. The second-order valence-corrected chi connectivity index (χ2v) is 5.59. The molecule has 0 radical (unpaired) electrons. The predicted octanol–water partition coefficient (Wildman–Crippen LogP) is 2.09. The molecule has 0 aromatic heterocycles. The summed E-state index contributed by atoms with van der Waals surface area (Å²) >= 11 is 0. The zero-order valence-electron chi connectivity index (χ0n) is 11.5. The largest absolute Gasteiger partial charge is 0.478 e. The summed E-state index contributed by atoms with van der Waals surface area (Å²) in [6.07, 6.45) is 4.48. The van der Waals surface area contributed by atoms with Gasteiger partial charge < -0.3 is 5.11 Å². The third-order valence-corrected chi connectivity index (χ3v) is 4.12. The van der Waals surface area contributed by atoms with E-state index in [1.165, 1.54) is 29.2 Å². The lowest BCUT2D eigenvalue weighted by Crippen LogP contribution is -2.30. The van der Waals surface area contributed by atoms with E-state index in [-0.39, 0.29) is 35.1 Å². The number of aromatic carboxylic acids is 1. The van der Waals surface area contributed by atoms with Crippen molar-refractivity contribution in [2.24, 2.45) is 17.8 Å². The van der Waals surface area contributed by atoms with Crippen molar-refractivity contribution < 1.29 is 19.5 Å². The van der Waals surface area contributed by atoms with Crippen molar-refractivity contribution in [2.45, 2.75) is 13.3 Å². The second kappa shape index (κ2) is 4.84. The highest BCUT2D eigenvalue weighted by Gasteiger charge is 2.48. The van der Waals surface area contributed by atoms with Gasteiger partial charge in [0.15, 0.2) is 0 Å². The van der Waals surface area contributed by atoms with Crippen LogP contribution in [-0.2, 0) is 9.59 Å². The molecule has 0 saturated carbocycles. The molecule has 3 atom stereocenters. The lowest BCUT2D eigenvalue weighted by Gasteiger charge is -2.19. The molecule has 1 N–H and O–H groups in total. The summed E-state index contributed by atoms with van der Waals surface area (Å²) in [7, 11) is 0. The fourth-order valence-electron chi connectivity index (χ4n) is 3.01. The molecule has 108 valence electrons. The zero-order chi connectivity index (χ0) is 15.1. The van der Waals surface area contributed by atoms with Crippen molar-refractivity contribution in [2.75, 3.05) is 4.90 Å². The van der Waals surface area contributed by atoms with Crippen molar-refractivity contribution >= 4 is 23.5 Å². The number of hydrogen-bond donors (Lipinski definition) is 1. The van der Waals surface area contributed by atoms with Crippen LogP contribution in [0, 0.1) is 17.8 Å². The number of hydrogen-bond acceptors (Lipinski definition) is 3. The second-order valence-electron chi connectivity index (χ2n) is 5.59. The van der Waals surface area contributed by atoms with Gasteiger partial charge >= 0.3 is 5.97 Å². The number of fused-ring (bicyclic) bond motifs is 1. The smallest absolute Gasteiger partial charge is 0.335 e. The minimum Gasteiger partial charge on any atom is -0.478 e. The summed E-state index contributed by atoms with van der Waals surface area (Å²) in [5, 5.41) is 8.89. The molecule has 1 aliphatic heterocycles. The van der Waals surface area contributed by atoms with Gasteiger partial charge in [-0.1, -0.05) is 19.1 Å². The number of amides is 2. The van der Waals surface area contributed by atoms with E-state index >= 15 is 0 Å². The maximum atomic E-state index is 12.5. The number of nitrogens with zero attached hydrogens (tertiary/aromatic N) is 1. The summed E-state index contributed by atoms with van der Waals surface area (Å²) < 4.78 is 0. The monoisotopic (exact) mass is 285 g/mol. The average molecular weight is 285 g/mol. The molecule has 1 aromatic rings. The number of allylic oxidation sites excluding steroid dienone is 1. The number of benzene rings is 1. The van der Waals surface area contributed by atoms with E-state index in [9.17, 15) is 14.4 Å². The van der Waals surface area contributed by atoms with Crippen molar-refractivity contribution in [1.29, 1.82) is 0 Å². The first-order chi connectivity index (χ1) is 9.99. The third kappa shape index (κ3) is 2.14. The first kappa shape index (κ1) is 13.5. The van der Waals surface area contributed by atoms with Gasteiger partial charge in [0.25, 0.3) is 0 Å². The summed E-state index contributed by atoms with van der Waals surface area (Å²) in [5.74, 6) is -1.84. The highest BCUT2D eigenvalue weighted by Crippen LogP contribution is 2.38. The molecule has 5 nitrogen and oxygen atoms in total. The molecule has 0 unspecified atom stereocenters. The molecule has 0 spiro atoms. The molecule has 1 heterocycles. The summed E-state index contributed by atoms with van der Waals surface area (Å²) in [6.45, 7) is 2.02. The molecule has 21 heavy (non-hydrogen) atoms. The van der Waals surface area contributed by atoms with Gasteiger partial charge in [0, 0.05) is 0 Å². The Bertz CT molecular complexity index is 647. The van der Waals surface area contributed by atoms with Gasteiger partial charge in [-0.05, 0) is 36.6 Å². The van der Waals surface area contributed by atoms with Crippen LogP contribution in [0.15, 0.2) is 36.4 Å². The Labute approximate surface area is 121 Å². The molecule has 5 heteroatoms. The van der Waals surface area contributed by atoms with Crippen LogP contribution in [0.3, 0.4) is 0 Å². The SMILES string of the molecule is C[C@@H]1C=C[C@@H]2C(=O)N(c3ccc(C(=O)O)cc3)C(=O)[C@@H]2C1. The van der Waals surface area contributed by atoms with Crippen LogP contribution in [0.5, 0.6) is 0 Å². The Balaban J connectivity index is 1.93. The molecule has 1 fully saturated rings. The normalized spacial score (nSPS) is 27.9. The fraction of sp³-hybridized carbons (Fsp3) is 0.312. The summed E-state index contributed by atoms with van der Waals surface area (Å²) in [5.41, 5.74) is 0.564. The van der Waals surface area contributed by atoms with E-state index in [2.05, 4.69) is 0 Å². The van der Waals surface area contributed by atoms with E-state index < -0.39 is 5.97 Å². The van der Waals surface area contributed by atoms with Gasteiger partial charge in [-0.3, -0.25) is 9.59 Å². The average Bonchev–Trinajstić information content (AvgIpc) is 2.70. The standard InChI is InChI=1S/C16H15NO4/c1-9-2-7-12-13(8-9)15(19)17(14(12)18)11-5-3-10(4-6-11)16(20)21/h2-7,9,12-13H,8H2,1H3,(H,20,21)/t9-,12+,13-/m1/s1. The summed E-state index contributed by atoms with van der Waals surface area (Å²) in [4.78, 5) is 36.9. The van der Waals surface area contributed by atoms with Gasteiger partial charge in [0.2, 0.25) is 11.8 Å². The number of anilines is 1. The van der Waals surface area contributed by atoms with Crippen molar-refractivity contribution in [1.82, 2.24) is 0 Å². The first-order valence-electron chi connectivity index (χ1n) is 6.88. The molecule has 1 saturated heterocycles. The van der Waals surface area contributed by atoms with Crippen LogP contribution in [0.4, 0.5) is 5.69 Å². The molecule has 1 aliphatic carbocycles. The number of carbonyl (C=O) groups excluding carboxylic acids is 2. The molecular formula is C16H15NO4. The van der Waals surface area contributed by atoms with Crippen LogP contribution in [0.1, 0.15) is 23.7 Å². The Morgan fingerprint density at radius 3 is 2.43 bits per heavy atom. The van der Waals surface area contributed by atoms with Crippen LogP contribution >= 0.6 is 0 Å². The van der Waals surface area contributed by atoms with Crippen LogP contribution in [0.25, 0.3) is 0 Å². The summed E-state index contributed by atoms with van der Waals surface area (Å²) in [6, 6.07) is 5.81. The lowest BCUT2D eigenvalue weighted by atomic mass is 9.81. The minimum atomic E-state index is -1.04. The highest BCUT2D eigenvalue weighted by molar-refractivity contribution is 6.22. The maximum absolute atomic E-state index is 12.5. The fourth-order valence-corrected chi connectivity index (χ4v) is 3.01. The number of carboxylic acids is 1. The molecule has 0 bridgehead atoms. The molecule has 2 amide bonds. The van der Waals surface area contributed by atoms with Gasteiger partial charge in [-0.15, -0.1) is 0 Å². The number of carbonyl (C=O) groups is 3. The molecular weight excluding hydrogens is 270 g/mol. The highest BCUT2D eigenvalue weighted by atomic mass is 16.4. The van der Waals surface area contributed by atoms with E-state index in [1.54, 1.807) is 0 Å². The van der Waals surface area contributed by atoms with Crippen molar-refractivity contribution in [3.8, 4) is 0 Å². The predicted molar refractivity (Wildman–Crippen MR) is 75.8 cm³/mol. The van der Waals surface area contributed by atoms with E-state index in [4.69, 9.17) is 5.11 Å². The minimum absolute atomic E-state index is 0.128. The molecule has 1 aromatic carbocycles. The van der Waals surface area contributed by atoms with E-state index in [0.29, 0.717) is 12.1 Å². The lowest BCUT2D eigenvalue weighted by molar-refractivity contribution is -0.122. The van der Waals surface area contributed by atoms with E-state index in [1.807, 2.05) is 19.1 Å². The van der Waals surface area contributed by atoms with Gasteiger partial charge in [0.05, 0.1) is 23.1 Å². The molecule has 2 aliphatic rings. The Morgan fingerprint density at radius 1 is 1.14 bits per heavy atom. The first-order valence-corrected chi connectivity index (χ1v) is 6.88. The Kier molecular flexibility index (Phi) is 3.12. The quantitative estimate of drug-likeness (QED) is 0.667. The maximum Gasteiger partial charge on any atom is 0.335 e. The van der Waals surface area contributed by atoms with E-state index in [0.717, 1.165) is 0 Å². The number of rotatable bonds is 2. The number of imide groups is 1. The van der Waals surface area contributed by atoms with Crippen LogP contribution in [-0.4, -0.2) is 22.9 Å². The number of carboxylic acid groups (broad SMARTS) is 1. The van der Waals surface area contributed by atoms with Crippen molar-refractivity contribution in [3.63, 3.8) is 0 Å².